The van der Waals surface area contributed by atoms with Gasteiger partial charge in [-0.25, -0.2) is 9.97 Å². The number of hydrogen-bond donors (Lipinski definition) is 1. The number of halogens is 6. The van der Waals surface area contributed by atoms with Gasteiger partial charge in [0.25, 0.3) is 0 Å². The van der Waals surface area contributed by atoms with Crippen molar-refractivity contribution in [1.29, 1.82) is 0 Å². The second kappa shape index (κ2) is 8.89. The summed E-state index contributed by atoms with van der Waals surface area (Å²) in [7, 11) is 0. The van der Waals surface area contributed by atoms with Crippen LogP contribution in [0.3, 0.4) is 0 Å². The molecule has 25 heavy (non-hydrogen) atoms. The number of anilines is 1. The Morgan fingerprint density at radius 3 is 2.16 bits per heavy atom. The Morgan fingerprint density at radius 2 is 1.60 bits per heavy atom. The first-order chi connectivity index (χ1) is 10.9. The van der Waals surface area contributed by atoms with Gasteiger partial charge in [0, 0.05) is 36.8 Å². The molecule has 0 bridgehead atoms. The molecular weight excluding hydrogens is 400 g/mol. The number of nitrogens with one attached hydrogen (secondary N) is 1. The summed E-state index contributed by atoms with van der Waals surface area (Å²) in [5.74, 6) is 0.103. The van der Waals surface area contributed by atoms with Gasteiger partial charge in [0.05, 0.1) is 5.69 Å². The van der Waals surface area contributed by atoms with E-state index < -0.39 is 11.9 Å². The topological polar surface area (TPSA) is 41.1 Å². The molecule has 0 radical (unpaired) electrons. The zero-order chi connectivity index (χ0) is 16.4. The highest BCUT2D eigenvalue weighted by molar-refractivity contribution is 6.30. The Balaban J connectivity index is 0.00000156. The normalized spacial score (nSPS) is 14.5. The van der Waals surface area contributed by atoms with Crippen LogP contribution in [0.1, 0.15) is 5.69 Å². The van der Waals surface area contributed by atoms with Gasteiger partial charge in [-0.15, -0.1) is 24.8 Å². The molecule has 0 atom stereocenters. The maximum absolute atomic E-state index is 13.2. The van der Waals surface area contributed by atoms with Gasteiger partial charge in [0.2, 0.25) is 5.95 Å². The molecule has 2 aromatic rings. The number of aromatic nitrogens is 2. The van der Waals surface area contributed by atoms with Crippen LogP contribution < -0.4 is 10.2 Å². The zero-order valence-corrected chi connectivity index (χ0v) is 15.3. The summed E-state index contributed by atoms with van der Waals surface area (Å²) in [5.41, 5.74) is -0.137. The highest BCUT2D eigenvalue weighted by atomic mass is 35.5. The molecule has 0 saturated carbocycles. The molecule has 10 heteroatoms. The zero-order valence-electron chi connectivity index (χ0n) is 12.9. The SMILES string of the molecule is Cl.Cl.FC(F)(F)c1cc(-c2ccc(Cl)cc2)nc(N2CCNCC2)n1. The number of piperazine rings is 1. The number of rotatable bonds is 2. The molecule has 138 valence electrons. The standard InChI is InChI=1S/C15H14ClF3N4.2ClH/c16-11-3-1-10(2-4-11)12-9-13(15(17,18)19)22-14(21-12)23-7-5-20-6-8-23;;/h1-4,9,20H,5-8H2;2*1H. The molecule has 1 aliphatic rings. The first-order valence-corrected chi connectivity index (χ1v) is 7.49. The van der Waals surface area contributed by atoms with E-state index in [1.165, 1.54) is 0 Å². The molecule has 1 aromatic carbocycles. The molecule has 0 amide bonds. The molecule has 1 fully saturated rings. The lowest BCUT2D eigenvalue weighted by molar-refractivity contribution is -0.141. The Hall–Kier alpha value is -1.28. The lowest BCUT2D eigenvalue weighted by atomic mass is 10.1. The fourth-order valence-electron chi connectivity index (χ4n) is 2.35. The van der Waals surface area contributed by atoms with E-state index in [1.54, 1.807) is 29.2 Å². The Bertz CT molecular complexity index is 689. The van der Waals surface area contributed by atoms with Gasteiger partial charge in [0.15, 0.2) is 5.69 Å². The van der Waals surface area contributed by atoms with E-state index in [0.717, 1.165) is 6.07 Å². The molecule has 0 aliphatic carbocycles. The van der Waals surface area contributed by atoms with Crippen LogP contribution >= 0.6 is 36.4 Å². The first-order valence-electron chi connectivity index (χ1n) is 7.11. The molecule has 1 aliphatic heterocycles. The van der Waals surface area contributed by atoms with Crippen LogP contribution in [0.4, 0.5) is 19.1 Å². The third-order valence-corrected chi connectivity index (χ3v) is 3.80. The molecule has 0 unspecified atom stereocenters. The van der Waals surface area contributed by atoms with E-state index in [1.807, 2.05) is 0 Å². The lowest BCUT2D eigenvalue weighted by Gasteiger charge is -2.28. The fraction of sp³-hybridized carbons (Fsp3) is 0.333. The van der Waals surface area contributed by atoms with Gasteiger partial charge < -0.3 is 10.2 Å². The van der Waals surface area contributed by atoms with Crippen LogP contribution in [-0.4, -0.2) is 36.1 Å². The van der Waals surface area contributed by atoms with Gasteiger partial charge in [-0.05, 0) is 18.2 Å². The quantitative estimate of drug-likeness (QED) is 0.803. The fourth-order valence-corrected chi connectivity index (χ4v) is 2.48. The van der Waals surface area contributed by atoms with E-state index in [2.05, 4.69) is 15.3 Å². The average Bonchev–Trinajstić information content (AvgIpc) is 2.55. The molecule has 1 aromatic heterocycles. The minimum Gasteiger partial charge on any atom is -0.338 e. The summed E-state index contributed by atoms with van der Waals surface area (Å²) in [6.07, 6.45) is -4.52. The van der Waals surface area contributed by atoms with Crippen LogP contribution in [0.15, 0.2) is 30.3 Å². The van der Waals surface area contributed by atoms with Crippen molar-refractivity contribution in [2.24, 2.45) is 0 Å². The van der Waals surface area contributed by atoms with Crippen LogP contribution in [0.2, 0.25) is 5.02 Å². The van der Waals surface area contributed by atoms with Crippen LogP contribution in [0.25, 0.3) is 11.3 Å². The number of alkyl halides is 3. The summed E-state index contributed by atoms with van der Waals surface area (Å²) < 4.78 is 39.5. The van der Waals surface area contributed by atoms with Crippen molar-refractivity contribution < 1.29 is 13.2 Å². The van der Waals surface area contributed by atoms with Gasteiger partial charge in [0.1, 0.15) is 0 Å². The maximum atomic E-state index is 13.2. The van der Waals surface area contributed by atoms with Crippen LogP contribution in [-0.2, 0) is 6.18 Å². The van der Waals surface area contributed by atoms with Gasteiger partial charge >= 0.3 is 6.18 Å². The summed E-state index contributed by atoms with van der Waals surface area (Å²) in [6, 6.07) is 7.50. The van der Waals surface area contributed by atoms with E-state index in [9.17, 15) is 13.2 Å². The van der Waals surface area contributed by atoms with Crippen molar-refractivity contribution in [1.82, 2.24) is 15.3 Å². The van der Waals surface area contributed by atoms with Crippen molar-refractivity contribution in [2.45, 2.75) is 6.18 Å². The second-order valence-electron chi connectivity index (χ2n) is 5.18. The summed E-state index contributed by atoms with van der Waals surface area (Å²) in [4.78, 5) is 9.78. The Morgan fingerprint density at radius 1 is 1.00 bits per heavy atom. The largest absolute Gasteiger partial charge is 0.433 e. The average molecular weight is 416 g/mol. The smallest absolute Gasteiger partial charge is 0.338 e. The monoisotopic (exact) mass is 414 g/mol. The van der Waals surface area contributed by atoms with Crippen LogP contribution in [0, 0.1) is 0 Å². The van der Waals surface area contributed by atoms with E-state index in [4.69, 9.17) is 11.6 Å². The molecule has 3 rings (SSSR count). The maximum Gasteiger partial charge on any atom is 0.433 e. The van der Waals surface area contributed by atoms with E-state index in [0.29, 0.717) is 36.8 Å². The highest BCUT2D eigenvalue weighted by Crippen LogP contribution is 2.32. The molecule has 1 N–H and O–H groups in total. The van der Waals surface area contributed by atoms with Crippen molar-refractivity contribution >= 4 is 42.4 Å². The van der Waals surface area contributed by atoms with E-state index in [-0.39, 0.29) is 36.5 Å². The minimum absolute atomic E-state index is 0. The van der Waals surface area contributed by atoms with Gasteiger partial charge in [-0.1, -0.05) is 23.7 Å². The minimum atomic E-state index is -4.52. The predicted octanol–water partition coefficient (Wildman–Crippen LogP) is 4.07. The number of hydrogen-bond acceptors (Lipinski definition) is 4. The van der Waals surface area contributed by atoms with Crippen molar-refractivity contribution in [3.8, 4) is 11.3 Å². The summed E-state index contributed by atoms with van der Waals surface area (Å²) >= 11 is 5.83. The lowest BCUT2D eigenvalue weighted by Crippen LogP contribution is -2.44. The third kappa shape index (κ3) is 5.34. The van der Waals surface area contributed by atoms with Crippen LogP contribution in [0.5, 0.6) is 0 Å². The Labute approximate surface area is 160 Å². The second-order valence-corrected chi connectivity index (χ2v) is 5.62. The molecule has 2 heterocycles. The first kappa shape index (κ1) is 21.8. The number of nitrogens with zero attached hydrogens (tertiary/aromatic N) is 3. The van der Waals surface area contributed by atoms with Crippen molar-refractivity contribution in [3.05, 3.63) is 41.0 Å². The highest BCUT2D eigenvalue weighted by Gasteiger charge is 2.34. The van der Waals surface area contributed by atoms with E-state index >= 15 is 0 Å². The number of benzene rings is 1. The van der Waals surface area contributed by atoms with Gasteiger partial charge in [-0.2, -0.15) is 13.2 Å². The van der Waals surface area contributed by atoms with Crippen molar-refractivity contribution in [2.75, 3.05) is 31.1 Å². The van der Waals surface area contributed by atoms with Crippen molar-refractivity contribution in [3.63, 3.8) is 0 Å². The summed E-state index contributed by atoms with van der Waals surface area (Å²) in [5, 5.41) is 3.66. The Kier molecular flexibility index (Phi) is 7.74. The third-order valence-electron chi connectivity index (χ3n) is 3.54. The summed E-state index contributed by atoms with van der Waals surface area (Å²) in [6.45, 7) is 2.52. The molecule has 1 saturated heterocycles. The molecule has 4 nitrogen and oxygen atoms in total. The predicted molar refractivity (Wildman–Crippen MR) is 97.1 cm³/mol. The molecular formula is C15H16Cl3F3N4. The molecule has 0 spiro atoms. The van der Waals surface area contributed by atoms with Gasteiger partial charge in [-0.3, -0.25) is 0 Å².